The second-order valence-electron chi connectivity index (χ2n) is 4.29. The third-order valence-corrected chi connectivity index (χ3v) is 3.00. The molecule has 1 fully saturated rings. The third-order valence-electron chi connectivity index (χ3n) is 3.00. The molecule has 0 aromatic heterocycles. The number of carbonyl (C=O) groups is 2. The van der Waals surface area contributed by atoms with Crippen LogP contribution in [0.1, 0.15) is 30.1 Å². The van der Waals surface area contributed by atoms with Crippen molar-refractivity contribution in [3.8, 4) is 5.75 Å². The van der Waals surface area contributed by atoms with Crippen molar-refractivity contribution in [2.75, 3.05) is 19.7 Å². The van der Waals surface area contributed by atoms with E-state index in [4.69, 9.17) is 4.74 Å². The molecule has 0 N–H and O–H groups in total. The van der Waals surface area contributed by atoms with Gasteiger partial charge in [0.1, 0.15) is 11.5 Å². The van der Waals surface area contributed by atoms with Gasteiger partial charge in [-0.25, -0.2) is 0 Å². The molecule has 1 saturated heterocycles. The van der Waals surface area contributed by atoms with Crippen LogP contribution in [0.15, 0.2) is 24.3 Å². The fraction of sp³-hybridized carbons (Fsp3) is 0.429. The van der Waals surface area contributed by atoms with Crippen molar-refractivity contribution in [2.24, 2.45) is 0 Å². The van der Waals surface area contributed by atoms with Crippen LogP contribution in [0.4, 0.5) is 0 Å². The van der Waals surface area contributed by atoms with Crippen LogP contribution in [0.3, 0.4) is 0 Å². The van der Waals surface area contributed by atoms with Gasteiger partial charge in [-0.1, -0.05) is 6.07 Å². The van der Waals surface area contributed by atoms with Gasteiger partial charge >= 0.3 is 0 Å². The number of hydrogen-bond donors (Lipinski definition) is 0. The lowest BCUT2D eigenvalue weighted by molar-refractivity contribution is -0.120. The van der Waals surface area contributed by atoms with Crippen LogP contribution in [0, 0.1) is 0 Å². The van der Waals surface area contributed by atoms with Crippen molar-refractivity contribution >= 4 is 11.7 Å². The quantitative estimate of drug-likeness (QED) is 0.819. The summed E-state index contributed by atoms with van der Waals surface area (Å²) in [6.07, 6.45) is 0.938. The molecule has 0 saturated carbocycles. The average molecular weight is 247 g/mol. The molecule has 1 aliphatic heterocycles. The Morgan fingerprint density at radius 2 is 2.06 bits per heavy atom. The van der Waals surface area contributed by atoms with E-state index in [0.717, 1.165) is 0 Å². The van der Waals surface area contributed by atoms with Gasteiger partial charge in [0.15, 0.2) is 0 Å². The van der Waals surface area contributed by atoms with E-state index in [-0.39, 0.29) is 11.7 Å². The lowest BCUT2D eigenvalue weighted by Gasteiger charge is -2.26. The summed E-state index contributed by atoms with van der Waals surface area (Å²) in [6, 6.07) is 7.18. The highest BCUT2D eigenvalue weighted by Gasteiger charge is 2.21. The molecule has 96 valence electrons. The molecule has 1 amide bonds. The molecule has 0 unspecified atom stereocenters. The summed E-state index contributed by atoms with van der Waals surface area (Å²) in [5, 5.41) is 0. The van der Waals surface area contributed by atoms with E-state index in [0.29, 0.717) is 43.9 Å². The number of ketones is 1. The van der Waals surface area contributed by atoms with Gasteiger partial charge in [0.05, 0.1) is 6.61 Å². The molecular weight excluding hydrogens is 230 g/mol. The first-order chi connectivity index (χ1) is 8.70. The fourth-order valence-corrected chi connectivity index (χ4v) is 2.03. The van der Waals surface area contributed by atoms with E-state index in [2.05, 4.69) is 0 Å². The van der Waals surface area contributed by atoms with Gasteiger partial charge in [0.2, 0.25) is 0 Å². The number of carbonyl (C=O) groups excluding carboxylic acids is 2. The number of ether oxygens (including phenoxy) is 1. The van der Waals surface area contributed by atoms with Crippen LogP contribution in [-0.4, -0.2) is 36.3 Å². The van der Waals surface area contributed by atoms with E-state index < -0.39 is 0 Å². The Labute approximate surface area is 107 Å². The first-order valence-corrected chi connectivity index (χ1v) is 6.24. The Morgan fingerprint density at radius 1 is 1.33 bits per heavy atom. The lowest BCUT2D eigenvalue weighted by Crippen LogP contribution is -2.38. The molecule has 0 bridgehead atoms. The van der Waals surface area contributed by atoms with Crippen molar-refractivity contribution < 1.29 is 14.3 Å². The molecule has 1 aliphatic rings. The predicted octanol–water partition coefficient (Wildman–Crippen LogP) is 1.89. The summed E-state index contributed by atoms with van der Waals surface area (Å²) in [4.78, 5) is 25.1. The second-order valence-corrected chi connectivity index (χ2v) is 4.29. The summed E-state index contributed by atoms with van der Waals surface area (Å²) in [7, 11) is 0. The highest BCUT2D eigenvalue weighted by atomic mass is 16.5. The second kappa shape index (κ2) is 5.67. The number of amides is 1. The number of benzene rings is 1. The first kappa shape index (κ1) is 12.6. The molecule has 1 aromatic carbocycles. The fourth-order valence-electron chi connectivity index (χ4n) is 2.03. The van der Waals surface area contributed by atoms with Crippen LogP contribution >= 0.6 is 0 Å². The average Bonchev–Trinajstić information content (AvgIpc) is 2.39. The maximum Gasteiger partial charge on any atom is 0.254 e. The summed E-state index contributed by atoms with van der Waals surface area (Å²) in [5.41, 5.74) is 0.621. The van der Waals surface area contributed by atoms with Gasteiger partial charge < -0.3 is 9.64 Å². The van der Waals surface area contributed by atoms with Crippen molar-refractivity contribution in [2.45, 2.75) is 19.8 Å². The molecule has 0 aliphatic carbocycles. The van der Waals surface area contributed by atoms with Crippen molar-refractivity contribution in [3.05, 3.63) is 29.8 Å². The normalized spacial score (nSPS) is 15.6. The highest BCUT2D eigenvalue weighted by molar-refractivity contribution is 5.95. The molecule has 0 radical (unpaired) electrons. The van der Waals surface area contributed by atoms with E-state index >= 15 is 0 Å². The van der Waals surface area contributed by atoms with E-state index in [1.165, 1.54) is 0 Å². The van der Waals surface area contributed by atoms with Gasteiger partial charge in [-0.15, -0.1) is 0 Å². The largest absolute Gasteiger partial charge is 0.494 e. The van der Waals surface area contributed by atoms with Crippen LogP contribution in [-0.2, 0) is 4.79 Å². The Bertz CT molecular complexity index is 446. The molecule has 18 heavy (non-hydrogen) atoms. The monoisotopic (exact) mass is 247 g/mol. The molecule has 1 heterocycles. The molecule has 4 heteroatoms. The molecular formula is C14H17NO3. The summed E-state index contributed by atoms with van der Waals surface area (Å²) in [5.74, 6) is 0.919. The minimum absolute atomic E-state index is 0.0240. The SMILES string of the molecule is CCOc1cccc(C(=O)N2CCC(=O)CC2)c1. The van der Waals surface area contributed by atoms with Gasteiger partial charge in [0, 0.05) is 31.5 Å². The zero-order valence-electron chi connectivity index (χ0n) is 10.5. The predicted molar refractivity (Wildman–Crippen MR) is 67.8 cm³/mol. The van der Waals surface area contributed by atoms with Crippen molar-refractivity contribution in [3.63, 3.8) is 0 Å². The number of rotatable bonds is 3. The van der Waals surface area contributed by atoms with Crippen molar-refractivity contribution in [1.82, 2.24) is 4.90 Å². The molecule has 2 rings (SSSR count). The molecule has 4 nitrogen and oxygen atoms in total. The summed E-state index contributed by atoms with van der Waals surface area (Å²) < 4.78 is 5.38. The number of piperidine rings is 1. The summed E-state index contributed by atoms with van der Waals surface area (Å²) >= 11 is 0. The zero-order valence-corrected chi connectivity index (χ0v) is 10.5. The van der Waals surface area contributed by atoms with Crippen LogP contribution in [0.5, 0.6) is 5.75 Å². The highest BCUT2D eigenvalue weighted by Crippen LogP contribution is 2.16. The number of Topliss-reactive ketones (excluding diaryl/α,β-unsaturated/α-hetero) is 1. The molecule has 1 aromatic rings. The summed E-state index contributed by atoms with van der Waals surface area (Å²) in [6.45, 7) is 3.54. The number of nitrogens with zero attached hydrogens (tertiary/aromatic N) is 1. The Kier molecular flexibility index (Phi) is 3.97. The van der Waals surface area contributed by atoms with Crippen LogP contribution in [0.2, 0.25) is 0 Å². The number of likely N-dealkylation sites (tertiary alicyclic amines) is 1. The van der Waals surface area contributed by atoms with E-state index in [9.17, 15) is 9.59 Å². The number of hydrogen-bond acceptors (Lipinski definition) is 3. The van der Waals surface area contributed by atoms with Gasteiger partial charge in [0.25, 0.3) is 5.91 Å². The van der Waals surface area contributed by atoms with Crippen molar-refractivity contribution in [1.29, 1.82) is 0 Å². The zero-order chi connectivity index (χ0) is 13.0. The Morgan fingerprint density at radius 3 is 2.72 bits per heavy atom. The minimum Gasteiger partial charge on any atom is -0.494 e. The van der Waals surface area contributed by atoms with Gasteiger partial charge in [-0.2, -0.15) is 0 Å². The maximum atomic E-state index is 12.2. The topological polar surface area (TPSA) is 46.6 Å². The Balaban J connectivity index is 2.08. The van der Waals surface area contributed by atoms with Gasteiger partial charge in [-0.3, -0.25) is 9.59 Å². The lowest BCUT2D eigenvalue weighted by atomic mass is 10.1. The van der Waals surface area contributed by atoms with Gasteiger partial charge in [-0.05, 0) is 25.1 Å². The standard InChI is InChI=1S/C14H17NO3/c1-2-18-13-5-3-4-11(10-13)14(17)15-8-6-12(16)7-9-15/h3-5,10H,2,6-9H2,1H3. The first-order valence-electron chi connectivity index (χ1n) is 6.24. The van der Waals surface area contributed by atoms with E-state index in [1.54, 1.807) is 17.0 Å². The molecule has 0 atom stereocenters. The van der Waals surface area contributed by atoms with Crippen LogP contribution < -0.4 is 4.74 Å². The van der Waals surface area contributed by atoms with Crippen LogP contribution in [0.25, 0.3) is 0 Å². The third kappa shape index (κ3) is 2.88. The molecule has 0 spiro atoms. The minimum atomic E-state index is -0.0240. The maximum absolute atomic E-state index is 12.2. The smallest absolute Gasteiger partial charge is 0.254 e. The van der Waals surface area contributed by atoms with E-state index in [1.807, 2.05) is 19.1 Å². The Hall–Kier alpha value is -1.84.